The number of hydrogen-bond acceptors (Lipinski definition) is 4. The summed E-state index contributed by atoms with van der Waals surface area (Å²) in [5.41, 5.74) is 1.60. The summed E-state index contributed by atoms with van der Waals surface area (Å²) in [5, 5.41) is 0. The van der Waals surface area contributed by atoms with Gasteiger partial charge in [0.25, 0.3) is 0 Å². The summed E-state index contributed by atoms with van der Waals surface area (Å²) in [5.74, 6) is 1.02. The maximum Gasteiger partial charge on any atom is 0.241 e. The monoisotopic (exact) mass is 312 g/mol. The molecule has 1 fully saturated rings. The lowest BCUT2D eigenvalue weighted by molar-refractivity contribution is 0.400. The molecule has 6 heteroatoms. The summed E-state index contributed by atoms with van der Waals surface area (Å²) in [6.07, 6.45) is 0. The van der Waals surface area contributed by atoms with Crippen molar-refractivity contribution in [2.75, 3.05) is 27.2 Å². The van der Waals surface area contributed by atoms with Crippen molar-refractivity contribution in [3.05, 3.63) is 23.3 Å². The summed E-state index contributed by atoms with van der Waals surface area (Å²) in [4.78, 5) is 2.48. The quantitative estimate of drug-likeness (QED) is 0.916. The molecule has 118 valence electrons. The molecule has 0 aromatic heterocycles. The van der Waals surface area contributed by atoms with Crippen molar-refractivity contribution >= 4 is 10.0 Å². The van der Waals surface area contributed by atoms with Gasteiger partial charge in [-0.3, -0.25) is 0 Å². The number of likely N-dealkylation sites (tertiary alicyclic amines) is 1. The molecule has 1 aromatic carbocycles. The minimum atomic E-state index is -3.51. The minimum absolute atomic E-state index is 0.0400. The summed E-state index contributed by atoms with van der Waals surface area (Å²) >= 11 is 0. The molecule has 0 amide bonds. The molecule has 0 unspecified atom stereocenters. The third-order valence-corrected chi connectivity index (χ3v) is 5.93. The zero-order valence-electron chi connectivity index (χ0n) is 13.3. The third-order valence-electron chi connectivity index (χ3n) is 4.30. The molecule has 1 N–H and O–H groups in total. The maximum atomic E-state index is 12.6. The average Bonchev–Trinajstić information content (AvgIpc) is 2.70. The van der Waals surface area contributed by atoms with Crippen molar-refractivity contribution in [2.24, 2.45) is 5.92 Å². The largest absolute Gasteiger partial charge is 0.496 e. The van der Waals surface area contributed by atoms with Gasteiger partial charge in [-0.2, -0.15) is 0 Å². The summed E-state index contributed by atoms with van der Waals surface area (Å²) in [7, 11) is 0.0846. The highest BCUT2D eigenvalue weighted by molar-refractivity contribution is 7.89. The summed E-state index contributed by atoms with van der Waals surface area (Å²) < 4.78 is 33.4. The number of nitrogens with one attached hydrogen (secondary N) is 1. The van der Waals surface area contributed by atoms with Crippen molar-refractivity contribution in [3.63, 3.8) is 0 Å². The molecule has 2 atom stereocenters. The van der Waals surface area contributed by atoms with Crippen LogP contribution in [0.2, 0.25) is 0 Å². The molecule has 1 saturated heterocycles. The van der Waals surface area contributed by atoms with Crippen LogP contribution in [-0.4, -0.2) is 46.6 Å². The van der Waals surface area contributed by atoms with Crippen LogP contribution in [-0.2, 0) is 10.0 Å². The SMILES string of the molecule is COc1ccc(S(=O)(=O)N[C@@H]2CN(C)C[C@@H]2C)c(C)c1C. The van der Waals surface area contributed by atoms with E-state index in [2.05, 4.69) is 16.5 Å². The van der Waals surface area contributed by atoms with Crippen LogP contribution in [0.4, 0.5) is 0 Å². The van der Waals surface area contributed by atoms with E-state index in [1.54, 1.807) is 19.2 Å². The second-order valence-electron chi connectivity index (χ2n) is 5.94. The average molecular weight is 312 g/mol. The standard InChI is InChI=1S/C15H24N2O3S/c1-10-8-17(4)9-13(10)16-21(18,19)15-7-6-14(20-5)11(2)12(15)3/h6-7,10,13,16H,8-9H2,1-5H3/t10-,13+/m0/s1. The van der Waals surface area contributed by atoms with Crippen LogP contribution in [0.5, 0.6) is 5.75 Å². The van der Waals surface area contributed by atoms with Gasteiger partial charge in [0.1, 0.15) is 5.75 Å². The Kier molecular flexibility index (Phi) is 4.60. The van der Waals surface area contributed by atoms with Crippen LogP contribution >= 0.6 is 0 Å². The minimum Gasteiger partial charge on any atom is -0.496 e. The molecule has 1 aliphatic heterocycles. The molecule has 5 nitrogen and oxygen atoms in total. The first-order valence-corrected chi connectivity index (χ1v) is 8.59. The van der Waals surface area contributed by atoms with Gasteiger partial charge in [0.2, 0.25) is 10.0 Å². The van der Waals surface area contributed by atoms with Crippen LogP contribution in [0.1, 0.15) is 18.1 Å². The number of methoxy groups -OCH3 is 1. The van der Waals surface area contributed by atoms with Crippen molar-refractivity contribution in [1.82, 2.24) is 9.62 Å². The van der Waals surface area contributed by atoms with Crippen LogP contribution < -0.4 is 9.46 Å². The first-order chi connectivity index (χ1) is 9.76. The summed E-state index contributed by atoms with van der Waals surface area (Å²) in [6.45, 7) is 7.42. The normalized spacial score (nSPS) is 23.5. The molecular weight excluding hydrogens is 288 g/mol. The number of rotatable bonds is 4. The van der Waals surface area contributed by atoms with Gasteiger partial charge in [-0.05, 0) is 50.1 Å². The molecule has 1 aromatic rings. The fraction of sp³-hybridized carbons (Fsp3) is 0.600. The van der Waals surface area contributed by atoms with Gasteiger partial charge in [-0.15, -0.1) is 0 Å². The highest BCUT2D eigenvalue weighted by Crippen LogP contribution is 2.27. The lowest BCUT2D eigenvalue weighted by Gasteiger charge is -2.19. The summed E-state index contributed by atoms with van der Waals surface area (Å²) in [6, 6.07) is 3.29. The number of hydrogen-bond donors (Lipinski definition) is 1. The van der Waals surface area contributed by atoms with Crippen LogP contribution in [0.15, 0.2) is 17.0 Å². The Bertz CT molecular complexity index is 628. The van der Waals surface area contributed by atoms with Gasteiger partial charge in [-0.1, -0.05) is 6.92 Å². The molecule has 0 saturated carbocycles. The van der Waals surface area contributed by atoms with E-state index in [4.69, 9.17) is 4.74 Å². The van der Waals surface area contributed by atoms with Crippen molar-refractivity contribution in [1.29, 1.82) is 0 Å². The highest BCUT2D eigenvalue weighted by Gasteiger charge is 2.32. The first kappa shape index (κ1) is 16.3. The Morgan fingerprint density at radius 1 is 1.24 bits per heavy atom. The Balaban J connectivity index is 2.30. The molecule has 0 aliphatic carbocycles. The fourth-order valence-corrected chi connectivity index (χ4v) is 4.54. The van der Waals surface area contributed by atoms with E-state index in [0.29, 0.717) is 16.6 Å². The predicted octanol–water partition coefficient (Wildman–Crippen LogP) is 1.54. The molecule has 21 heavy (non-hydrogen) atoms. The third kappa shape index (κ3) is 3.22. The highest BCUT2D eigenvalue weighted by atomic mass is 32.2. The second-order valence-corrected chi connectivity index (χ2v) is 7.62. The molecule has 1 aliphatic rings. The number of ether oxygens (including phenoxy) is 1. The Labute approximate surface area is 127 Å². The van der Waals surface area contributed by atoms with E-state index in [1.807, 2.05) is 20.9 Å². The number of likely N-dealkylation sites (N-methyl/N-ethyl adjacent to an activating group) is 1. The zero-order chi connectivity index (χ0) is 15.8. The smallest absolute Gasteiger partial charge is 0.241 e. The predicted molar refractivity (Wildman–Crippen MR) is 83.2 cm³/mol. The number of sulfonamides is 1. The lowest BCUT2D eigenvalue weighted by Crippen LogP contribution is -2.39. The fourth-order valence-electron chi connectivity index (χ4n) is 2.91. The van der Waals surface area contributed by atoms with Crippen LogP contribution in [0.3, 0.4) is 0 Å². The Morgan fingerprint density at radius 2 is 1.90 bits per heavy atom. The van der Waals surface area contributed by atoms with E-state index in [9.17, 15) is 8.42 Å². The van der Waals surface area contributed by atoms with Crippen molar-refractivity contribution in [3.8, 4) is 5.75 Å². The van der Waals surface area contributed by atoms with E-state index >= 15 is 0 Å². The zero-order valence-corrected chi connectivity index (χ0v) is 14.1. The van der Waals surface area contributed by atoms with Gasteiger partial charge in [0.15, 0.2) is 0 Å². The molecule has 0 radical (unpaired) electrons. The molecule has 0 spiro atoms. The van der Waals surface area contributed by atoms with E-state index < -0.39 is 10.0 Å². The van der Waals surface area contributed by atoms with E-state index in [1.165, 1.54) is 0 Å². The maximum absolute atomic E-state index is 12.6. The number of benzene rings is 1. The van der Waals surface area contributed by atoms with Crippen LogP contribution in [0, 0.1) is 19.8 Å². The van der Waals surface area contributed by atoms with Gasteiger partial charge in [0.05, 0.1) is 12.0 Å². The van der Waals surface area contributed by atoms with Gasteiger partial charge in [-0.25, -0.2) is 13.1 Å². The van der Waals surface area contributed by atoms with Crippen molar-refractivity contribution < 1.29 is 13.2 Å². The molecule has 1 heterocycles. The van der Waals surface area contributed by atoms with E-state index in [0.717, 1.165) is 24.2 Å². The topological polar surface area (TPSA) is 58.6 Å². The lowest BCUT2D eigenvalue weighted by atomic mass is 10.1. The number of nitrogens with zero attached hydrogens (tertiary/aromatic N) is 1. The molecule has 2 rings (SSSR count). The van der Waals surface area contributed by atoms with Gasteiger partial charge >= 0.3 is 0 Å². The van der Waals surface area contributed by atoms with Gasteiger partial charge < -0.3 is 9.64 Å². The Hall–Kier alpha value is -1.11. The molecular formula is C15H24N2O3S. The van der Waals surface area contributed by atoms with E-state index in [-0.39, 0.29) is 6.04 Å². The van der Waals surface area contributed by atoms with Crippen LogP contribution in [0.25, 0.3) is 0 Å². The van der Waals surface area contributed by atoms with Gasteiger partial charge in [0, 0.05) is 19.1 Å². The Morgan fingerprint density at radius 3 is 2.43 bits per heavy atom. The molecule has 0 bridgehead atoms. The first-order valence-electron chi connectivity index (χ1n) is 7.11. The second kappa shape index (κ2) is 5.94. The van der Waals surface area contributed by atoms with Crippen molar-refractivity contribution in [2.45, 2.75) is 31.7 Å².